The average molecular weight is 375 g/mol. The van der Waals surface area contributed by atoms with Crippen molar-refractivity contribution in [2.75, 3.05) is 17.2 Å². The Kier molecular flexibility index (Phi) is 4.73. The number of amides is 1. The van der Waals surface area contributed by atoms with Crippen LogP contribution in [0.1, 0.15) is 32.3 Å². The van der Waals surface area contributed by atoms with Crippen LogP contribution >= 0.6 is 0 Å². The molecule has 142 valence electrons. The molecule has 27 heavy (non-hydrogen) atoms. The molecule has 0 aliphatic heterocycles. The number of hydrogen-bond donors (Lipinski definition) is 2. The van der Waals surface area contributed by atoms with Gasteiger partial charge in [-0.05, 0) is 13.8 Å². The second kappa shape index (κ2) is 6.86. The maximum Gasteiger partial charge on any atom is 0.303 e. The molecule has 2 N–H and O–H groups in total. The van der Waals surface area contributed by atoms with Crippen LogP contribution in [0.4, 0.5) is 20.4 Å². The Bertz CT molecular complexity index is 1010. The Morgan fingerprint density at radius 3 is 2.67 bits per heavy atom. The van der Waals surface area contributed by atoms with Crippen molar-refractivity contribution in [2.24, 2.45) is 0 Å². The minimum atomic E-state index is -3.18. The van der Waals surface area contributed by atoms with Crippen LogP contribution in [0, 0.1) is 6.92 Å². The van der Waals surface area contributed by atoms with Gasteiger partial charge in [-0.25, -0.2) is 19.6 Å². The van der Waals surface area contributed by atoms with Gasteiger partial charge in [0, 0.05) is 44.4 Å². The van der Waals surface area contributed by atoms with Crippen LogP contribution in [0.25, 0.3) is 16.7 Å². The maximum absolute atomic E-state index is 13.8. The van der Waals surface area contributed by atoms with E-state index < -0.39 is 11.7 Å². The predicted molar refractivity (Wildman–Crippen MR) is 97.2 cm³/mol. The quantitative estimate of drug-likeness (QED) is 0.711. The molecule has 0 spiro atoms. The van der Waals surface area contributed by atoms with Gasteiger partial charge in [-0.15, -0.1) is 5.10 Å². The zero-order valence-electron chi connectivity index (χ0n) is 15.3. The van der Waals surface area contributed by atoms with Crippen LogP contribution in [-0.4, -0.2) is 37.2 Å². The molecule has 0 aromatic carbocycles. The summed E-state index contributed by atoms with van der Waals surface area (Å²) in [5.74, 6) is -2.97. The van der Waals surface area contributed by atoms with Crippen LogP contribution in [-0.2, 0) is 10.7 Å². The summed E-state index contributed by atoms with van der Waals surface area (Å²) in [4.78, 5) is 23.3. The highest BCUT2D eigenvalue weighted by Crippen LogP contribution is 2.29. The van der Waals surface area contributed by atoms with E-state index in [1.165, 1.54) is 11.6 Å². The molecule has 8 nitrogen and oxygen atoms in total. The topological polar surface area (TPSA) is 97.6 Å². The molecule has 0 radical (unpaired) electrons. The average Bonchev–Trinajstić information content (AvgIpc) is 2.91. The van der Waals surface area contributed by atoms with Gasteiger partial charge in [0.1, 0.15) is 5.82 Å². The minimum Gasteiger partial charge on any atom is -0.368 e. The van der Waals surface area contributed by atoms with Crippen LogP contribution in [0.3, 0.4) is 0 Å². The highest BCUT2D eigenvalue weighted by atomic mass is 19.3. The zero-order chi connectivity index (χ0) is 19.8. The van der Waals surface area contributed by atoms with Crippen molar-refractivity contribution in [1.29, 1.82) is 0 Å². The molecule has 3 aromatic heterocycles. The summed E-state index contributed by atoms with van der Waals surface area (Å²) in [7, 11) is 0. The molecule has 10 heteroatoms. The number of carbonyl (C=O) groups excluding carboxylic acids is 1. The lowest BCUT2D eigenvalue weighted by Gasteiger charge is -2.11. The van der Waals surface area contributed by atoms with Gasteiger partial charge >= 0.3 is 5.92 Å². The summed E-state index contributed by atoms with van der Waals surface area (Å²) in [6.45, 7) is 6.25. The van der Waals surface area contributed by atoms with E-state index in [1.807, 2.05) is 6.92 Å². The highest BCUT2D eigenvalue weighted by Gasteiger charge is 2.29. The van der Waals surface area contributed by atoms with Gasteiger partial charge in [-0.3, -0.25) is 4.79 Å². The number of nitrogens with zero attached hydrogens (tertiary/aromatic N) is 5. The highest BCUT2D eigenvalue weighted by molar-refractivity contribution is 5.94. The molecule has 0 saturated carbocycles. The molecule has 0 bridgehead atoms. The van der Waals surface area contributed by atoms with E-state index in [9.17, 15) is 13.6 Å². The number of pyridine rings is 1. The maximum atomic E-state index is 13.8. The lowest BCUT2D eigenvalue weighted by Crippen LogP contribution is -2.16. The van der Waals surface area contributed by atoms with Gasteiger partial charge in [0.15, 0.2) is 11.6 Å². The first kappa shape index (κ1) is 18.6. The van der Waals surface area contributed by atoms with Crippen LogP contribution in [0.5, 0.6) is 0 Å². The van der Waals surface area contributed by atoms with Gasteiger partial charge in [-0.1, -0.05) is 0 Å². The molecule has 0 aliphatic rings. The first-order chi connectivity index (χ1) is 12.7. The van der Waals surface area contributed by atoms with E-state index >= 15 is 0 Å². The largest absolute Gasteiger partial charge is 0.368 e. The van der Waals surface area contributed by atoms with E-state index in [1.54, 1.807) is 25.3 Å². The summed E-state index contributed by atoms with van der Waals surface area (Å²) < 4.78 is 28.9. The molecular weight excluding hydrogens is 356 g/mol. The van der Waals surface area contributed by atoms with Gasteiger partial charge in [0.2, 0.25) is 11.7 Å². The van der Waals surface area contributed by atoms with Crippen molar-refractivity contribution in [2.45, 2.75) is 33.6 Å². The Morgan fingerprint density at radius 2 is 2.04 bits per heavy atom. The number of carbonyl (C=O) groups is 1. The minimum absolute atomic E-state index is 0.202. The number of halogens is 2. The third-order valence-corrected chi connectivity index (χ3v) is 3.66. The third-order valence-electron chi connectivity index (χ3n) is 3.66. The van der Waals surface area contributed by atoms with Gasteiger partial charge in [0.25, 0.3) is 0 Å². The fourth-order valence-electron chi connectivity index (χ4n) is 2.59. The lowest BCUT2D eigenvalue weighted by molar-refractivity contribution is -0.114. The monoisotopic (exact) mass is 375 g/mol. The first-order valence-electron chi connectivity index (χ1n) is 8.33. The summed E-state index contributed by atoms with van der Waals surface area (Å²) in [6, 6.07) is 3.18. The number of alkyl halides is 2. The number of rotatable bonds is 5. The number of fused-ring (bicyclic) bond motifs is 1. The van der Waals surface area contributed by atoms with Crippen molar-refractivity contribution < 1.29 is 13.6 Å². The molecule has 3 heterocycles. The molecule has 0 aliphatic carbocycles. The number of aromatic nitrogens is 5. The first-order valence-corrected chi connectivity index (χ1v) is 8.33. The number of anilines is 2. The van der Waals surface area contributed by atoms with Gasteiger partial charge in [-0.2, -0.15) is 8.78 Å². The van der Waals surface area contributed by atoms with E-state index in [4.69, 9.17) is 0 Å². The Labute approximate surface area is 154 Å². The second-order valence-corrected chi connectivity index (χ2v) is 6.14. The molecule has 0 saturated heterocycles. The number of aryl methyl sites for hydroxylation is 1. The SMILES string of the molecule is CCNc1nn(-c2cc(C)nc(C(C)(F)F)n2)c2cc(NC(C)=O)ncc12. The fourth-order valence-corrected chi connectivity index (χ4v) is 2.59. The van der Waals surface area contributed by atoms with Crippen LogP contribution < -0.4 is 10.6 Å². The normalized spacial score (nSPS) is 11.6. The van der Waals surface area contributed by atoms with Crippen molar-refractivity contribution >= 4 is 28.4 Å². The number of hydrogen-bond acceptors (Lipinski definition) is 6. The lowest BCUT2D eigenvalue weighted by atomic mass is 10.3. The molecule has 3 rings (SSSR count). The van der Waals surface area contributed by atoms with E-state index in [-0.39, 0.29) is 11.7 Å². The second-order valence-electron chi connectivity index (χ2n) is 6.14. The van der Waals surface area contributed by atoms with Crippen molar-refractivity contribution in [1.82, 2.24) is 24.7 Å². The standard InChI is InChI=1S/C17H19F2N7O/c1-5-20-15-11-8-21-13(23-10(3)27)7-12(11)26(25-15)14-6-9(2)22-16(24-14)17(4,18)19/h6-8H,5H2,1-4H3,(H,20,25)(H,21,23,27). The van der Waals surface area contributed by atoms with Gasteiger partial charge in [0.05, 0.1) is 10.9 Å². The van der Waals surface area contributed by atoms with E-state index in [0.717, 1.165) is 6.92 Å². The van der Waals surface area contributed by atoms with E-state index in [2.05, 4.69) is 30.7 Å². The van der Waals surface area contributed by atoms with Crippen LogP contribution in [0.2, 0.25) is 0 Å². The fraction of sp³-hybridized carbons (Fsp3) is 0.353. The van der Waals surface area contributed by atoms with Crippen molar-refractivity contribution in [3.05, 3.63) is 29.8 Å². The summed E-state index contributed by atoms with van der Waals surface area (Å²) in [5.41, 5.74) is 0.953. The molecule has 1 amide bonds. The predicted octanol–water partition coefficient (Wildman–Crippen LogP) is 3.02. The van der Waals surface area contributed by atoms with Crippen molar-refractivity contribution in [3.63, 3.8) is 0 Å². The zero-order valence-corrected chi connectivity index (χ0v) is 15.3. The molecular formula is C17H19F2N7O. The summed E-state index contributed by atoms with van der Waals surface area (Å²) >= 11 is 0. The molecule has 0 unspecified atom stereocenters. The van der Waals surface area contributed by atoms with E-state index in [0.29, 0.717) is 34.8 Å². The molecule has 0 fully saturated rings. The Balaban J connectivity index is 2.23. The van der Waals surface area contributed by atoms with Crippen molar-refractivity contribution in [3.8, 4) is 5.82 Å². The summed E-state index contributed by atoms with van der Waals surface area (Å²) in [6.07, 6.45) is 1.56. The Morgan fingerprint density at radius 1 is 1.30 bits per heavy atom. The van der Waals surface area contributed by atoms with Crippen LogP contribution in [0.15, 0.2) is 18.3 Å². The summed E-state index contributed by atoms with van der Waals surface area (Å²) in [5, 5.41) is 10.8. The number of nitrogens with one attached hydrogen (secondary N) is 2. The third kappa shape index (κ3) is 3.83. The Hall–Kier alpha value is -3.17. The molecule has 0 atom stereocenters. The smallest absolute Gasteiger partial charge is 0.303 e. The van der Waals surface area contributed by atoms with Gasteiger partial charge < -0.3 is 10.6 Å². The molecule has 3 aromatic rings.